The van der Waals surface area contributed by atoms with E-state index in [0.717, 1.165) is 13.1 Å². The van der Waals surface area contributed by atoms with Crippen LogP contribution in [0.3, 0.4) is 0 Å². The van der Waals surface area contributed by atoms with Crippen LogP contribution in [-0.2, 0) is 0 Å². The van der Waals surface area contributed by atoms with E-state index in [9.17, 15) is 10.1 Å². The van der Waals surface area contributed by atoms with Crippen molar-refractivity contribution in [1.29, 1.82) is 0 Å². The Kier molecular flexibility index (Phi) is 3.00. The molecule has 1 saturated carbocycles. The molecule has 0 unspecified atom stereocenters. The van der Waals surface area contributed by atoms with E-state index in [-0.39, 0.29) is 11.2 Å². The molecule has 0 spiro atoms. The summed E-state index contributed by atoms with van der Waals surface area (Å²) in [5.74, 6) is 0. The van der Waals surface area contributed by atoms with Gasteiger partial charge in [-0.2, -0.15) is 0 Å². The van der Waals surface area contributed by atoms with Gasteiger partial charge in [-0.15, -0.1) is 0 Å². The Labute approximate surface area is 108 Å². The minimum absolute atomic E-state index is 0.0992. The van der Waals surface area contributed by atoms with Gasteiger partial charge in [-0.3, -0.25) is 10.1 Å². The molecule has 2 aromatic rings. The molecule has 0 aliphatic heterocycles. The van der Waals surface area contributed by atoms with Gasteiger partial charge in [-0.25, -0.2) is 4.63 Å². The molecule has 1 aliphatic rings. The van der Waals surface area contributed by atoms with Gasteiger partial charge in [0.25, 0.3) is 0 Å². The second-order valence-electron chi connectivity index (χ2n) is 4.51. The zero-order chi connectivity index (χ0) is 13.2. The lowest BCUT2D eigenvalue weighted by Crippen LogP contribution is -2.23. The summed E-state index contributed by atoms with van der Waals surface area (Å²) in [7, 11) is 0. The van der Waals surface area contributed by atoms with E-state index in [1.807, 2.05) is 0 Å². The number of hydrogen-bond donors (Lipinski definition) is 2. The van der Waals surface area contributed by atoms with Crippen molar-refractivity contribution in [2.75, 3.05) is 18.4 Å². The largest absolute Gasteiger partial charge is 0.382 e. The third kappa shape index (κ3) is 2.48. The number of benzene rings is 1. The van der Waals surface area contributed by atoms with Gasteiger partial charge in [-0.05, 0) is 29.2 Å². The first kappa shape index (κ1) is 11.8. The van der Waals surface area contributed by atoms with E-state index in [1.54, 1.807) is 6.07 Å². The predicted molar refractivity (Wildman–Crippen MR) is 68.0 cm³/mol. The molecular formula is C11H13N5O3. The SMILES string of the molecule is O=[N+]([O-])c1ccc(NCCNC2CC2)c2nonc12. The minimum Gasteiger partial charge on any atom is -0.382 e. The Balaban J connectivity index is 1.73. The fourth-order valence-corrected chi connectivity index (χ4v) is 1.90. The van der Waals surface area contributed by atoms with Crippen LogP contribution >= 0.6 is 0 Å². The van der Waals surface area contributed by atoms with Crippen molar-refractivity contribution in [1.82, 2.24) is 15.6 Å². The average molecular weight is 263 g/mol. The second-order valence-corrected chi connectivity index (χ2v) is 4.51. The molecule has 1 aromatic heterocycles. The van der Waals surface area contributed by atoms with Gasteiger partial charge < -0.3 is 10.6 Å². The molecule has 3 rings (SSSR count). The number of aromatic nitrogens is 2. The molecule has 0 radical (unpaired) electrons. The Morgan fingerprint density at radius 1 is 1.32 bits per heavy atom. The van der Waals surface area contributed by atoms with Crippen molar-refractivity contribution < 1.29 is 9.55 Å². The zero-order valence-corrected chi connectivity index (χ0v) is 10.1. The van der Waals surface area contributed by atoms with Gasteiger partial charge in [0.05, 0.1) is 10.6 Å². The maximum absolute atomic E-state index is 10.8. The topological polar surface area (TPSA) is 106 Å². The van der Waals surface area contributed by atoms with Crippen LogP contribution in [-0.4, -0.2) is 34.4 Å². The molecule has 1 heterocycles. The predicted octanol–water partition coefficient (Wildman–Crippen LogP) is 1.29. The molecular weight excluding hydrogens is 250 g/mol. The van der Waals surface area contributed by atoms with Crippen molar-refractivity contribution in [3.8, 4) is 0 Å². The van der Waals surface area contributed by atoms with Gasteiger partial charge in [0.1, 0.15) is 0 Å². The van der Waals surface area contributed by atoms with Crippen molar-refractivity contribution >= 4 is 22.4 Å². The van der Waals surface area contributed by atoms with Crippen LogP contribution < -0.4 is 10.6 Å². The monoisotopic (exact) mass is 263 g/mol. The molecule has 8 nitrogen and oxygen atoms in total. The van der Waals surface area contributed by atoms with Gasteiger partial charge in [0, 0.05) is 25.2 Å². The van der Waals surface area contributed by atoms with Crippen LogP contribution in [0.1, 0.15) is 12.8 Å². The third-order valence-electron chi connectivity index (χ3n) is 3.04. The van der Waals surface area contributed by atoms with E-state index in [0.29, 0.717) is 17.2 Å². The number of nitrogens with one attached hydrogen (secondary N) is 2. The molecule has 2 N–H and O–H groups in total. The minimum atomic E-state index is -0.495. The maximum Gasteiger partial charge on any atom is 0.300 e. The maximum atomic E-state index is 10.8. The normalized spacial score (nSPS) is 14.7. The van der Waals surface area contributed by atoms with Crippen molar-refractivity contribution in [3.63, 3.8) is 0 Å². The highest BCUT2D eigenvalue weighted by atomic mass is 16.6. The lowest BCUT2D eigenvalue weighted by atomic mass is 10.2. The van der Waals surface area contributed by atoms with Gasteiger partial charge in [0.2, 0.25) is 5.52 Å². The molecule has 1 aliphatic carbocycles. The van der Waals surface area contributed by atoms with Crippen LogP contribution in [0.25, 0.3) is 11.0 Å². The fraction of sp³-hybridized carbons (Fsp3) is 0.455. The van der Waals surface area contributed by atoms with Gasteiger partial charge in [-0.1, -0.05) is 0 Å². The van der Waals surface area contributed by atoms with Crippen LogP contribution in [0, 0.1) is 10.1 Å². The summed E-state index contributed by atoms with van der Waals surface area (Å²) in [5, 5.41) is 24.7. The van der Waals surface area contributed by atoms with E-state index in [1.165, 1.54) is 18.9 Å². The molecule has 1 aromatic carbocycles. The summed E-state index contributed by atoms with van der Waals surface area (Å²) < 4.78 is 4.59. The lowest BCUT2D eigenvalue weighted by molar-refractivity contribution is -0.383. The highest BCUT2D eigenvalue weighted by Crippen LogP contribution is 2.28. The van der Waals surface area contributed by atoms with Crippen molar-refractivity contribution in [2.45, 2.75) is 18.9 Å². The summed E-state index contributed by atoms with van der Waals surface area (Å²) in [6, 6.07) is 3.69. The van der Waals surface area contributed by atoms with Crippen LogP contribution in [0.5, 0.6) is 0 Å². The van der Waals surface area contributed by atoms with Crippen molar-refractivity contribution in [2.24, 2.45) is 0 Å². The van der Waals surface area contributed by atoms with Gasteiger partial charge >= 0.3 is 5.69 Å². The molecule has 0 bridgehead atoms. The standard InChI is InChI=1S/C11H13N5O3/c17-16(18)9-4-3-8(10-11(9)15-19-14-10)13-6-5-12-7-1-2-7/h3-4,7,12-13H,1-2,5-6H2. The highest BCUT2D eigenvalue weighted by Gasteiger charge is 2.21. The van der Waals surface area contributed by atoms with Crippen molar-refractivity contribution in [3.05, 3.63) is 22.2 Å². The fourth-order valence-electron chi connectivity index (χ4n) is 1.90. The number of fused-ring (bicyclic) bond motifs is 1. The number of nitrogens with zero attached hydrogens (tertiary/aromatic N) is 3. The van der Waals surface area contributed by atoms with E-state index in [4.69, 9.17) is 0 Å². The van der Waals surface area contributed by atoms with Gasteiger partial charge in [0.15, 0.2) is 5.52 Å². The Morgan fingerprint density at radius 3 is 2.84 bits per heavy atom. The molecule has 0 amide bonds. The highest BCUT2D eigenvalue weighted by molar-refractivity contribution is 5.93. The number of nitro groups is 1. The zero-order valence-electron chi connectivity index (χ0n) is 10.1. The van der Waals surface area contributed by atoms with E-state index in [2.05, 4.69) is 25.6 Å². The second kappa shape index (κ2) is 4.81. The summed E-state index contributed by atoms with van der Waals surface area (Å²) in [4.78, 5) is 10.3. The smallest absolute Gasteiger partial charge is 0.300 e. The Morgan fingerprint density at radius 2 is 2.11 bits per heavy atom. The molecule has 0 atom stereocenters. The summed E-state index contributed by atoms with van der Waals surface area (Å²) >= 11 is 0. The molecule has 0 saturated heterocycles. The first-order valence-corrected chi connectivity index (χ1v) is 6.12. The molecule has 100 valence electrons. The number of nitro benzene ring substituents is 1. The molecule has 19 heavy (non-hydrogen) atoms. The molecule has 1 fully saturated rings. The van der Waals surface area contributed by atoms with Crippen LogP contribution in [0.2, 0.25) is 0 Å². The van der Waals surface area contributed by atoms with Crippen LogP contribution in [0.4, 0.5) is 11.4 Å². The molecule has 8 heteroatoms. The Hall–Kier alpha value is -2.22. The Bertz CT molecular complexity index is 607. The van der Waals surface area contributed by atoms with E-state index >= 15 is 0 Å². The van der Waals surface area contributed by atoms with E-state index < -0.39 is 4.92 Å². The summed E-state index contributed by atoms with van der Waals surface area (Å²) in [5.41, 5.74) is 1.16. The van der Waals surface area contributed by atoms with Crippen LogP contribution in [0.15, 0.2) is 16.8 Å². The average Bonchev–Trinajstić information content (AvgIpc) is 3.08. The first-order chi connectivity index (χ1) is 9.25. The quantitative estimate of drug-likeness (QED) is 0.459. The number of non-ortho nitro benzene ring substituents is 1. The summed E-state index contributed by atoms with van der Waals surface area (Å²) in [6.45, 7) is 1.56. The number of anilines is 1. The summed E-state index contributed by atoms with van der Waals surface area (Å²) in [6.07, 6.45) is 2.49. The first-order valence-electron chi connectivity index (χ1n) is 6.12. The number of rotatable bonds is 6. The number of hydrogen-bond acceptors (Lipinski definition) is 7. The lowest BCUT2D eigenvalue weighted by Gasteiger charge is -2.06. The third-order valence-corrected chi connectivity index (χ3v) is 3.04.